The molecule has 0 atom stereocenters. The number of aromatic nitrogens is 4. The SMILES string of the molecule is CC(C)c1cc(C(C)C)c(-c2ccnc(-n3c4ccccc4c4ccc(Oc5cccc(-n6[c-][n+]7c8c(cccc86)C(C)(C)c6ccccc6-7)c5)cc43)c2)c(C(C)C)c1. The number of hydrogen-bond donors (Lipinski definition) is 0. The van der Waals surface area contributed by atoms with Gasteiger partial charge < -0.3 is 4.74 Å². The Bertz CT molecular complexity index is 3070. The van der Waals surface area contributed by atoms with Crippen LogP contribution in [0, 0.1) is 6.33 Å². The van der Waals surface area contributed by atoms with Crippen LogP contribution in [0.15, 0.2) is 140 Å². The highest BCUT2D eigenvalue weighted by molar-refractivity contribution is 6.09. The number of rotatable bonds is 8. The Morgan fingerprint density at radius 1 is 0.610 bits per heavy atom. The number of fused-ring (bicyclic) bond motifs is 5. The van der Waals surface area contributed by atoms with E-state index in [9.17, 15) is 0 Å². The predicted octanol–water partition coefficient (Wildman–Crippen LogP) is 13.7. The Kier molecular flexibility index (Phi) is 8.64. The van der Waals surface area contributed by atoms with Crippen LogP contribution in [0.4, 0.5) is 0 Å². The molecule has 0 saturated heterocycles. The van der Waals surface area contributed by atoms with Crippen molar-refractivity contribution in [2.75, 3.05) is 0 Å². The van der Waals surface area contributed by atoms with Crippen molar-refractivity contribution in [2.24, 2.45) is 0 Å². The molecule has 10 rings (SSSR count). The Morgan fingerprint density at radius 2 is 1.29 bits per heavy atom. The van der Waals surface area contributed by atoms with Gasteiger partial charge in [0.05, 0.1) is 33.4 Å². The minimum Gasteiger partial charge on any atom is -0.458 e. The zero-order valence-electron chi connectivity index (χ0n) is 35.2. The molecule has 1 aliphatic rings. The number of nitrogens with zero attached hydrogens (tertiary/aromatic N) is 4. The third-order valence-corrected chi connectivity index (χ3v) is 12.5. The Hall–Kier alpha value is -6.46. The van der Waals surface area contributed by atoms with E-state index in [4.69, 9.17) is 9.72 Å². The maximum atomic E-state index is 6.75. The fourth-order valence-electron chi connectivity index (χ4n) is 9.44. The number of para-hydroxylation sites is 3. The van der Waals surface area contributed by atoms with E-state index in [-0.39, 0.29) is 5.41 Å². The molecule has 1 aliphatic heterocycles. The quantitative estimate of drug-likeness (QED) is 0.114. The molecule has 59 heavy (non-hydrogen) atoms. The average molecular weight is 771 g/mol. The van der Waals surface area contributed by atoms with E-state index in [1.807, 2.05) is 12.3 Å². The summed E-state index contributed by atoms with van der Waals surface area (Å²) < 4.78 is 13.4. The molecule has 0 unspecified atom stereocenters. The minimum atomic E-state index is -0.133. The van der Waals surface area contributed by atoms with Crippen molar-refractivity contribution in [2.45, 2.75) is 78.6 Å². The van der Waals surface area contributed by atoms with E-state index in [1.54, 1.807) is 0 Å². The molecule has 6 aromatic carbocycles. The molecule has 0 aliphatic carbocycles. The molecule has 0 fully saturated rings. The van der Waals surface area contributed by atoms with Crippen molar-refractivity contribution in [1.29, 1.82) is 0 Å². The summed E-state index contributed by atoms with van der Waals surface area (Å²) in [6.45, 7) is 18.4. The summed E-state index contributed by atoms with van der Waals surface area (Å²) in [4.78, 5) is 5.04. The molecule has 0 amide bonds. The molecule has 0 radical (unpaired) electrons. The van der Waals surface area contributed by atoms with Crippen LogP contribution in [-0.2, 0) is 5.41 Å². The van der Waals surface area contributed by atoms with Crippen molar-refractivity contribution < 1.29 is 9.30 Å². The summed E-state index contributed by atoms with van der Waals surface area (Å²) in [5, 5.41) is 2.34. The van der Waals surface area contributed by atoms with Crippen molar-refractivity contribution in [1.82, 2.24) is 14.1 Å². The third kappa shape index (κ3) is 5.89. The van der Waals surface area contributed by atoms with Gasteiger partial charge in [-0.15, -0.1) is 0 Å². The molecule has 0 bridgehead atoms. The van der Waals surface area contributed by atoms with Gasteiger partial charge in [0.2, 0.25) is 0 Å². The average Bonchev–Trinajstić information content (AvgIpc) is 3.79. The summed E-state index contributed by atoms with van der Waals surface area (Å²) >= 11 is 0. The Balaban J connectivity index is 1.07. The van der Waals surface area contributed by atoms with Gasteiger partial charge >= 0.3 is 0 Å². The van der Waals surface area contributed by atoms with Crippen LogP contribution in [0.5, 0.6) is 11.5 Å². The molecule has 0 saturated carbocycles. The van der Waals surface area contributed by atoms with Crippen molar-refractivity contribution in [3.8, 4) is 39.8 Å². The molecule has 5 nitrogen and oxygen atoms in total. The highest BCUT2D eigenvalue weighted by Gasteiger charge is 2.34. The summed E-state index contributed by atoms with van der Waals surface area (Å²) in [5.74, 6) is 3.61. The van der Waals surface area contributed by atoms with Gasteiger partial charge in [0, 0.05) is 28.5 Å². The fourth-order valence-corrected chi connectivity index (χ4v) is 9.44. The van der Waals surface area contributed by atoms with E-state index in [0.29, 0.717) is 17.8 Å². The standard InChI is InChI=1S/C54H50N4O/c1-33(2)37-27-43(34(3)4)52(44(28-37)35(5)6)36-25-26-55-51(29-36)58-47-20-11-9-17-41(47)42-24-23-40(31-50(42)58)59-39-16-13-15-38(30-39)56-32-57-48-21-12-10-18-45(48)54(7,8)46-19-14-22-49(56)53(46)57/h9-31,33-35H,1-8H3. The van der Waals surface area contributed by atoms with Crippen LogP contribution >= 0.6 is 0 Å². The van der Waals surface area contributed by atoms with Crippen LogP contribution in [0.1, 0.15) is 101 Å². The number of benzene rings is 6. The third-order valence-electron chi connectivity index (χ3n) is 12.5. The molecular weight excluding hydrogens is 721 g/mol. The summed E-state index contributed by atoms with van der Waals surface area (Å²) in [6.07, 6.45) is 5.68. The maximum Gasteiger partial charge on any atom is 0.269 e. The Morgan fingerprint density at radius 3 is 2.07 bits per heavy atom. The van der Waals surface area contributed by atoms with E-state index in [0.717, 1.165) is 44.9 Å². The van der Waals surface area contributed by atoms with Crippen LogP contribution in [0.25, 0.3) is 61.2 Å². The van der Waals surface area contributed by atoms with Gasteiger partial charge in [0.25, 0.3) is 6.33 Å². The highest BCUT2D eigenvalue weighted by Crippen LogP contribution is 2.43. The first-order chi connectivity index (χ1) is 28.5. The second-order valence-corrected chi connectivity index (χ2v) is 17.7. The number of ether oxygens (including phenoxy) is 1. The second kappa shape index (κ2) is 13.8. The minimum absolute atomic E-state index is 0.133. The van der Waals surface area contributed by atoms with E-state index < -0.39 is 0 Å². The van der Waals surface area contributed by atoms with Gasteiger partial charge in [-0.05, 0) is 111 Å². The van der Waals surface area contributed by atoms with Gasteiger partial charge in [-0.1, -0.05) is 128 Å². The van der Waals surface area contributed by atoms with Gasteiger partial charge in [0.15, 0.2) is 0 Å². The molecule has 4 heterocycles. The lowest BCUT2D eigenvalue weighted by molar-refractivity contribution is -0.575. The molecule has 9 aromatic rings. The fraction of sp³-hybridized carbons (Fsp3) is 0.222. The van der Waals surface area contributed by atoms with Gasteiger partial charge in [-0.2, -0.15) is 0 Å². The highest BCUT2D eigenvalue weighted by atomic mass is 16.5. The van der Waals surface area contributed by atoms with Gasteiger partial charge in [0.1, 0.15) is 17.3 Å². The van der Waals surface area contributed by atoms with Crippen molar-refractivity contribution >= 4 is 32.8 Å². The van der Waals surface area contributed by atoms with Crippen molar-refractivity contribution in [3.63, 3.8) is 0 Å². The smallest absolute Gasteiger partial charge is 0.269 e. The molecule has 0 spiro atoms. The molecule has 3 aromatic heterocycles. The van der Waals surface area contributed by atoms with Crippen LogP contribution in [-0.4, -0.2) is 14.1 Å². The molecule has 0 N–H and O–H groups in total. The molecule has 5 heteroatoms. The first-order valence-corrected chi connectivity index (χ1v) is 21.0. The lowest BCUT2D eigenvalue weighted by Crippen LogP contribution is -2.40. The first-order valence-electron chi connectivity index (χ1n) is 21.0. The summed E-state index contributed by atoms with van der Waals surface area (Å²) in [7, 11) is 0. The zero-order chi connectivity index (χ0) is 40.7. The lowest BCUT2D eigenvalue weighted by atomic mass is 9.75. The summed E-state index contributed by atoms with van der Waals surface area (Å²) in [6, 6.07) is 47.9. The van der Waals surface area contributed by atoms with Gasteiger partial charge in [-0.25, -0.2) is 4.98 Å². The van der Waals surface area contributed by atoms with Gasteiger partial charge in [-0.3, -0.25) is 13.7 Å². The zero-order valence-corrected chi connectivity index (χ0v) is 35.2. The monoisotopic (exact) mass is 770 g/mol. The number of hydrogen-bond acceptors (Lipinski definition) is 2. The number of pyridine rings is 1. The van der Waals surface area contributed by atoms with E-state index in [1.165, 1.54) is 55.5 Å². The van der Waals surface area contributed by atoms with Crippen molar-refractivity contribution in [3.05, 3.63) is 174 Å². The van der Waals surface area contributed by atoms with Crippen LogP contribution in [0.3, 0.4) is 0 Å². The topological polar surface area (TPSA) is 35.9 Å². The molecule has 292 valence electrons. The lowest BCUT2D eigenvalue weighted by Gasteiger charge is -2.34. The Labute approximate surface area is 347 Å². The largest absolute Gasteiger partial charge is 0.458 e. The number of imidazole rings is 1. The summed E-state index contributed by atoms with van der Waals surface area (Å²) in [5.41, 5.74) is 15.8. The normalized spacial score (nSPS) is 13.3. The first kappa shape index (κ1) is 36.9. The predicted molar refractivity (Wildman–Crippen MR) is 242 cm³/mol. The van der Waals surface area contributed by atoms with Crippen LogP contribution in [0.2, 0.25) is 0 Å². The van der Waals surface area contributed by atoms with Crippen LogP contribution < -0.4 is 9.30 Å². The second-order valence-electron chi connectivity index (χ2n) is 17.7. The van der Waals surface area contributed by atoms with E-state index >= 15 is 0 Å². The molecular formula is C54H50N4O. The maximum absolute atomic E-state index is 6.75. The van der Waals surface area contributed by atoms with E-state index in [2.05, 4.69) is 203 Å².